The van der Waals surface area contributed by atoms with Crippen LogP contribution in [0.15, 0.2) is 90.2 Å². The lowest BCUT2D eigenvalue weighted by Gasteiger charge is -2.33. The van der Waals surface area contributed by atoms with E-state index in [1.165, 1.54) is 24.3 Å². The second-order valence-electron chi connectivity index (χ2n) is 8.19. The number of nitro groups is 1. The summed E-state index contributed by atoms with van der Waals surface area (Å²) in [6.07, 6.45) is 0. The topological polar surface area (TPSA) is 107 Å². The maximum Gasteiger partial charge on any atom is 0.269 e. The number of hydrogen-bond donors (Lipinski definition) is 1. The van der Waals surface area contributed by atoms with Crippen molar-refractivity contribution >= 4 is 28.0 Å². The van der Waals surface area contributed by atoms with Gasteiger partial charge in [0.1, 0.15) is 0 Å². The Morgan fingerprint density at radius 2 is 1.56 bits per heavy atom. The first-order valence-electron chi connectivity index (χ1n) is 10.5. The third-order valence-corrected chi connectivity index (χ3v) is 6.33. The molecule has 4 aromatic rings. The van der Waals surface area contributed by atoms with Crippen LogP contribution in [-0.2, 0) is 0 Å². The number of hydrogen-bond acceptors (Lipinski definition) is 6. The number of phenols is 1. The smallest absolute Gasteiger partial charge is 0.269 e. The molecule has 0 radical (unpaired) electrons. The fraction of sp³-hybridized carbons (Fsp3) is 0.0370. The van der Waals surface area contributed by atoms with Gasteiger partial charge in [0.05, 0.1) is 10.5 Å². The highest BCUT2D eigenvalue weighted by atomic mass is 16.6. The lowest BCUT2D eigenvalue weighted by atomic mass is 9.73. The Kier molecular flexibility index (Phi) is 4.16. The summed E-state index contributed by atoms with van der Waals surface area (Å²) in [5.74, 6) is -2.01. The third-order valence-electron chi connectivity index (χ3n) is 6.33. The fourth-order valence-electron chi connectivity index (χ4n) is 4.87. The van der Waals surface area contributed by atoms with Gasteiger partial charge in [0.2, 0.25) is 5.78 Å². The molecule has 34 heavy (non-hydrogen) atoms. The van der Waals surface area contributed by atoms with Crippen molar-refractivity contribution in [3.63, 3.8) is 0 Å². The minimum Gasteiger partial charge on any atom is -0.504 e. The Labute approximate surface area is 192 Å². The molecule has 0 saturated carbocycles. The number of fused-ring (bicyclic) bond motifs is 4. The highest BCUT2D eigenvalue weighted by Crippen LogP contribution is 2.52. The zero-order chi connectivity index (χ0) is 23.6. The summed E-state index contributed by atoms with van der Waals surface area (Å²) in [6.45, 7) is 0. The zero-order valence-corrected chi connectivity index (χ0v) is 17.5. The van der Waals surface area contributed by atoms with Gasteiger partial charge in [-0.2, -0.15) is 0 Å². The maximum absolute atomic E-state index is 13.7. The Bertz CT molecular complexity index is 1620. The van der Waals surface area contributed by atoms with Crippen molar-refractivity contribution in [2.45, 2.75) is 5.92 Å². The Morgan fingerprint density at radius 1 is 0.853 bits per heavy atom. The number of carbonyl (C=O) groups is 2. The van der Waals surface area contributed by atoms with E-state index in [4.69, 9.17) is 4.74 Å². The quantitative estimate of drug-likeness (QED) is 0.328. The van der Waals surface area contributed by atoms with Gasteiger partial charge in [0, 0.05) is 34.7 Å². The molecule has 0 fully saturated rings. The summed E-state index contributed by atoms with van der Waals surface area (Å²) < 4.78 is 5.97. The number of aromatic hydroxyl groups is 1. The van der Waals surface area contributed by atoms with Crippen LogP contribution in [0.5, 0.6) is 11.5 Å². The van der Waals surface area contributed by atoms with Crippen LogP contribution >= 0.6 is 0 Å². The van der Waals surface area contributed by atoms with Crippen molar-refractivity contribution in [1.29, 1.82) is 0 Å². The van der Waals surface area contributed by atoms with Crippen LogP contribution in [0.2, 0.25) is 0 Å². The van der Waals surface area contributed by atoms with Gasteiger partial charge in [-0.15, -0.1) is 0 Å². The van der Waals surface area contributed by atoms with E-state index in [9.17, 15) is 24.8 Å². The molecule has 164 valence electrons. The van der Waals surface area contributed by atoms with Crippen LogP contribution in [0.3, 0.4) is 0 Å². The molecular formula is C27H15NO6. The second-order valence-corrected chi connectivity index (χ2v) is 8.19. The Hall–Kier alpha value is -4.78. The number of ketones is 2. The number of nitrogens with zero attached hydrogens (tertiary/aromatic N) is 1. The molecular weight excluding hydrogens is 434 g/mol. The van der Waals surface area contributed by atoms with Crippen LogP contribution in [0.25, 0.3) is 10.8 Å². The standard InChI is InChI=1S/C27H15NO6/c29-20-13-14-6-1-2-9-17(14)22-21(15-7-5-8-16(12-15)28(32)33)23-24(30)18-10-3-4-11-19(18)25(31)27(23)34-26(20)22/h1-13,21,29H. The maximum atomic E-state index is 13.7. The van der Waals surface area contributed by atoms with Crippen LogP contribution in [-0.4, -0.2) is 21.6 Å². The van der Waals surface area contributed by atoms with Gasteiger partial charge in [0.25, 0.3) is 5.69 Å². The summed E-state index contributed by atoms with van der Waals surface area (Å²) >= 11 is 0. The van der Waals surface area contributed by atoms with E-state index in [0.29, 0.717) is 21.9 Å². The molecule has 1 heterocycles. The molecule has 7 heteroatoms. The number of benzene rings is 4. The summed E-state index contributed by atoms with van der Waals surface area (Å²) in [5.41, 5.74) is 1.35. The predicted octanol–water partition coefficient (Wildman–Crippen LogP) is 5.31. The molecule has 1 atom stereocenters. The number of phenolic OH excluding ortho intramolecular Hbond substituents is 1. The fourth-order valence-corrected chi connectivity index (χ4v) is 4.87. The van der Waals surface area contributed by atoms with Crippen molar-refractivity contribution in [3.8, 4) is 11.5 Å². The minimum absolute atomic E-state index is 0.0643. The Morgan fingerprint density at radius 3 is 2.32 bits per heavy atom. The number of carbonyl (C=O) groups excluding carboxylic acids is 2. The lowest BCUT2D eigenvalue weighted by Crippen LogP contribution is -2.31. The van der Waals surface area contributed by atoms with Crippen molar-refractivity contribution in [2.75, 3.05) is 0 Å². The van der Waals surface area contributed by atoms with E-state index in [2.05, 4.69) is 0 Å². The molecule has 7 nitrogen and oxygen atoms in total. The second kappa shape index (κ2) is 7.11. The highest BCUT2D eigenvalue weighted by Gasteiger charge is 2.44. The number of allylic oxidation sites excluding steroid dienone is 2. The van der Waals surface area contributed by atoms with Crippen molar-refractivity contribution < 1.29 is 24.4 Å². The van der Waals surface area contributed by atoms with Gasteiger partial charge in [-0.1, -0.05) is 60.7 Å². The number of non-ortho nitro benzene ring substituents is 1. The predicted molar refractivity (Wildman–Crippen MR) is 123 cm³/mol. The first kappa shape index (κ1) is 19.9. The summed E-state index contributed by atoms with van der Waals surface area (Å²) in [5, 5.41) is 23.8. The molecule has 2 aliphatic rings. The molecule has 1 N–H and O–H groups in total. The first-order chi connectivity index (χ1) is 16.5. The zero-order valence-electron chi connectivity index (χ0n) is 17.5. The van der Waals surface area contributed by atoms with Gasteiger partial charge in [-0.25, -0.2) is 0 Å². The minimum atomic E-state index is -0.861. The Balaban J connectivity index is 1.72. The molecule has 0 amide bonds. The molecule has 0 spiro atoms. The van der Waals surface area contributed by atoms with E-state index < -0.39 is 16.6 Å². The lowest BCUT2D eigenvalue weighted by molar-refractivity contribution is -0.384. The van der Waals surface area contributed by atoms with E-state index in [1.807, 2.05) is 24.3 Å². The van der Waals surface area contributed by atoms with Crippen molar-refractivity contribution in [1.82, 2.24) is 0 Å². The highest BCUT2D eigenvalue weighted by molar-refractivity contribution is 6.27. The summed E-state index contributed by atoms with van der Waals surface area (Å²) in [7, 11) is 0. The van der Waals surface area contributed by atoms with Crippen LogP contribution in [0.4, 0.5) is 5.69 Å². The SMILES string of the molecule is O=C1C2=C(C(=O)c3ccccc31)C(c1cccc([N+](=O)[O-])c1)c1c(c(O)cc3ccccc13)O2. The third kappa shape index (κ3) is 2.70. The van der Waals surface area contributed by atoms with E-state index in [1.54, 1.807) is 30.3 Å². The first-order valence-corrected chi connectivity index (χ1v) is 10.5. The molecule has 0 aromatic heterocycles. The molecule has 6 rings (SSSR count). The summed E-state index contributed by atoms with van der Waals surface area (Å²) in [4.78, 5) is 38.2. The van der Waals surface area contributed by atoms with Crippen molar-refractivity contribution in [2.24, 2.45) is 0 Å². The number of rotatable bonds is 2. The van der Waals surface area contributed by atoms with Gasteiger partial charge >= 0.3 is 0 Å². The van der Waals surface area contributed by atoms with Crippen LogP contribution < -0.4 is 4.74 Å². The van der Waals surface area contributed by atoms with E-state index in [0.717, 1.165) is 0 Å². The molecule has 1 aliphatic carbocycles. The number of nitro benzene ring substituents is 1. The van der Waals surface area contributed by atoms with Gasteiger partial charge in [-0.3, -0.25) is 19.7 Å². The van der Waals surface area contributed by atoms with E-state index in [-0.39, 0.29) is 45.4 Å². The monoisotopic (exact) mass is 449 g/mol. The largest absolute Gasteiger partial charge is 0.504 e. The molecule has 1 aliphatic heterocycles. The normalized spacial score (nSPS) is 16.5. The van der Waals surface area contributed by atoms with Crippen LogP contribution in [0, 0.1) is 10.1 Å². The molecule has 0 bridgehead atoms. The summed E-state index contributed by atoms with van der Waals surface area (Å²) in [6, 6.07) is 21.3. The number of Topliss-reactive ketones (excluding diaryl/α,β-unsaturated/α-hetero) is 2. The van der Waals surface area contributed by atoms with Crippen molar-refractivity contribution in [3.05, 3.63) is 123 Å². The molecule has 4 aromatic carbocycles. The average Bonchev–Trinajstić information content (AvgIpc) is 2.86. The average molecular weight is 449 g/mol. The number of ether oxygens (including phenoxy) is 1. The van der Waals surface area contributed by atoms with Gasteiger partial charge < -0.3 is 9.84 Å². The van der Waals surface area contributed by atoms with Gasteiger partial charge in [0.15, 0.2) is 23.0 Å². The molecule has 1 unspecified atom stereocenters. The van der Waals surface area contributed by atoms with Gasteiger partial charge in [-0.05, 0) is 22.4 Å². The van der Waals surface area contributed by atoms with E-state index >= 15 is 0 Å². The van der Waals surface area contributed by atoms with Crippen LogP contribution in [0.1, 0.15) is 37.8 Å². The molecule has 0 saturated heterocycles.